The third-order valence-corrected chi connectivity index (χ3v) is 4.54. The summed E-state index contributed by atoms with van der Waals surface area (Å²) in [6, 6.07) is 18.1. The van der Waals surface area contributed by atoms with E-state index in [1.165, 1.54) is 13.2 Å². The van der Waals surface area contributed by atoms with Gasteiger partial charge in [0, 0.05) is 22.3 Å². The van der Waals surface area contributed by atoms with E-state index < -0.39 is 5.97 Å². The number of esters is 1. The molecule has 0 radical (unpaired) electrons. The highest BCUT2D eigenvalue weighted by atomic mass is 35.5. The molecule has 132 valence electrons. The number of ether oxygens (including phenoxy) is 1. The molecule has 0 aliphatic heterocycles. The van der Waals surface area contributed by atoms with E-state index in [9.17, 15) is 9.59 Å². The van der Waals surface area contributed by atoms with Gasteiger partial charge >= 0.3 is 5.97 Å². The largest absolute Gasteiger partial charge is 0.465 e. The van der Waals surface area contributed by atoms with Crippen molar-refractivity contribution in [2.24, 2.45) is 0 Å². The highest BCUT2D eigenvalue weighted by Gasteiger charge is 2.17. The van der Waals surface area contributed by atoms with E-state index in [1.54, 1.807) is 22.8 Å². The molecule has 2 aromatic carbocycles. The molecule has 3 aromatic rings. The topological polar surface area (TPSA) is 48.3 Å². The zero-order chi connectivity index (χ0) is 18.7. The van der Waals surface area contributed by atoms with E-state index in [-0.39, 0.29) is 5.56 Å². The van der Waals surface area contributed by atoms with E-state index in [1.807, 2.05) is 43.3 Å². The minimum absolute atomic E-state index is 0.153. The van der Waals surface area contributed by atoms with Crippen molar-refractivity contribution >= 4 is 17.6 Å². The van der Waals surface area contributed by atoms with Crippen LogP contribution in [0.25, 0.3) is 11.1 Å². The van der Waals surface area contributed by atoms with Gasteiger partial charge < -0.3 is 9.30 Å². The van der Waals surface area contributed by atoms with Crippen LogP contribution in [0, 0.1) is 6.92 Å². The molecule has 0 bridgehead atoms. The highest BCUT2D eigenvalue weighted by Crippen LogP contribution is 2.31. The van der Waals surface area contributed by atoms with E-state index in [0.29, 0.717) is 28.3 Å². The number of hydrogen-bond acceptors (Lipinski definition) is 3. The Labute approximate surface area is 156 Å². The van der Waals surface area contributed by atoms with Crippen LogP contribution in [0.2, 0.25) is 5.02 Å². The zero-order valence-electron chi connectivity index (χ0n) is 14.5. The Balaban J connectivity index is 2.10. The number of aryl methyl sites for hydroxylation is 1. The van der Waals surface area contributed by atoms with E-state index >= 15 is 0 Å². The summed E-state index contributed by atoms with van der Waals surface area (Å²) in [5, 5.41) is 0.396. The van der Waals surface area contributed by atoms with Crippen molar-refractivity contribution in [1.82, 2.24) is 4.57 Å². The minimum atomic E-state index is -0.492. The van der Waals surface area contributed by atoms with Crippen molar-refractivity contribution in [2.45, 2.75) is 13.5 Å². The Morgan fingerprint density at radius 1 is 1.08 bits per heavy atom. The summed E-state index contributed by atoms with van der Waals surface area (Å²) in [6.45, 7) is 2.35. The smallest absolute Gasteiger partial charge is 0.338 e. The SMILES string of the molecule is COC(=O)c1cccc(Cl)c1-c1cc(C)n(Cc2ccccc2)c(=O)c1. The van der Waals surface area contributed by atoms with Gasteiger partial charge in [0.25, 0.3) is 5.56 Å². The fourth-order valence-electron chi connectivity index (χ4n) is 2.94. The summed E-state index contributed by atoms with van der Waals surface area (Å²) in [4.78, 5) is 24.8. The molecule has 0 aliphatic rings. The van der Waals surface area contributed by atoms with Crippen molar-refractivity contribution in [2.75, 3.05) is 7.11 Å². The van der Waals surface area contributed by atoms with Gasteiger partial charge in [0.2, 0.25) is 0 Å². The van der Waals surface area contributed by atoms with Crippen LogP contribution >= 0.6 is 11.6 Å². The lowest BCUT2D eigenvalue weighted by Gasteiger charge is -2.14. The molecule has 0 N–H and O–H groups in total. The molecule has 0 fully saturated rings. The fourth-order valence-corrected chi connectivity index (χ4v) is 3.22. The number of benzene rings is 2. The first-order valence-electron chi connectivity index (χ1n) is 8.14. The van der Waals surface area contributed by atoms with Gasteiger partial charge in [-0.05, 0) is 36.2 Å². The van der Waals surface area contributed by atoms with Crippen LogP contribution in [0.1, 0.15) is 21.6 Å². The van der Waals surface area contributed by atoms with Crippen LogP contribution in [-0.2, 0) is 11.3 Å². The van der Waals surface area contributed by atoms with E-state index in [2.05, 4.69) is 0 Å². The summed E-state index contributed by atoms with van der Waals surface area (Å²) in [5.74, 6) is -0.492. The lowest BCUT2D eigenvalue weighted by molar-refractivity contribution is 0.0601. The molecule has 0 atom stereocenters. The Bertz CT molecular complexity index is 1010. The second-order valence-corrected chi connectivity index (χ2v) is 6.36. The number of hydrogen-bond donors (Lipinski definition) is 0. The van der Waals surface area contributed by atoms with Crippen LogP contribution < -0.4 is 5.56 Å². The molecule has 0 amide bonds. The number of methoxy groups -OCH3 is 1. The number of nitrogens with zero attached hydrogens (tertiary/aromatic N) is 1. The molecule has 1 heterocycles. The molecule has 1 aromatic heterocycles. The first-order chi connectivity index (χ1) is 12.5. The van der Waals surface area contributed by atoms with Gasteiger partial charge in [-0.2, -0.15) is 0 Å². The second-order valence-electron chi connectivity index (χ2n) is 5.95. The molecule has 26 heavy (non-hydrogen) atoms. The van der Waals surface area contributed by atoms with E-state index in [0.717, 1.165) is 11.3 Å². The highest BCUT2D eigenvalue weighted by molar-refractivity contribution is 6.34. The first kappa shape index (κ1) is 18.0. The van der Waals surface area contributed by atoms with Gasteiger partial charge in [0.15, 0.2) is 0 Å². The predicted molar refractivity (Wildman–Crippen MR) is 103 cm³/mol. The molecule has 4 nitrogen and oxygen atoms in total. The minimum Gasteiger partial charge on any atom is -0.465 e. The Morgan fingerprint density at radius 2 is 1.81 bits per heavy atom. The van der Waals surface area contributed by atoms with Gasteiger partial charge in [0.1, 0.15) is 0 Å². The number of aromatic nitrogens is 1. The molecule has 0 saturated heterocycles. The standard InChI is InChI=1S/C21H18ClNO3/c1-14-11-16(20-17(21(25)26-2)9-6-10-18(20)22)12-19(24)23(14)13-15-7-4-3-5-8-15/h3-12H,13H2,1-2H3. The van der Waals surface area contributed by atoms with Crippen LogP contribution in [0.4, 0.5) is 0 Å². The van der Waals surface area contributed by atoms with Crippen LogP contribution in [0.5, 0.6) is 0 Å². The summed E-state index contributed by atoms with van der Waals surface area (Å²) in [6.07, 6.45) is 0. The normalized spacial score (nSPS) is 10.6. The Kier molecular flexibility index (Phi) is 5.24. The van der Waals surface area contributed by atoms with Crippen LogP contribution in [-0.4, -0.2) is 17.6 Å². The lowest BCUT2D eigenvalue weighted by Crippen LogP contribution is -2.22. The van der Waals surface area contributed by atoms with Crippen molar-refractivity contribution in [3.8, 4) is 11.1 Å². The molecule has 3 rings (SSSR count). The number of carbonyl (C=O) groups excluding carboxylic acids is 1. The molecule has 5 heteroatoms. The molecule has 0 aliphatic carbocycles. The lowest BCUT2D eigenvalue weighted by atomic mass is 9.99. The van der Waals surface area contributed by atoms with Gasteiger partial charge in [-0.3, -0.25) is 4.79 Å². The third kappa shape index (κ3) is 3.55. The summed E-state index contributed by atoms with van der Waals surface area (Å²) >= 11 is 6.32. The summed E-state index contributed by atoms with van der Waals surface area (Å²) in [5.41, 5.74) is 3.11. The first-order valence-corrected chi connectivity index (χ1v) is 8.51. The predicted octanol–water partition coefficient (Wildman–Crippen LogP) is 4.31. The number of carbonyl (C=O) groups is 1. The second kappa shape index (κ2) is 7.58. The molecule has 0 saturated carbocycles. The Morgan fingerprint density at radius 3 is 2.46 bits per heavy atom. The third-order valence-electron chi connectivity index (χ3n) is 4.23. The maximum absolute atomic E-state index is 12.7. The van der Waals surface area contributed by atoms with E-state index in [4.69, 9.17) is 16.3 Å². The molecule has 0 unspecified atom stereocenters. The average Bonchev–Trinajstić information content (AvgIpc) is 2.64. The number of pyridine rings is 1. The van der Waals surface area contributed by atoms with Gasteiger partial charge in [0.05, 0.1) is 19.2 Å². The quantitative estimate of drug-likeness (QED) is 0.645. The van der Waals surface area contributed by atoms with Crippen molar-refractivity contribution in [1.29, 1.82) is 0 Å². The Hall–Kier alpha value is -2.85. The van der Waals surface area contributed by atoms with Gasteiger partial charge in [-0.1, -0.05) is 48.0 Å². The van der Waals surface area contributed by atoms with Crippen LogP contribution in [0.3, 0.4) is 0 Å². The molecular formula is C21H18ClNO3. The maximum Gasteiger partial charge on any atom is 0.338 e. The van der Waals surface area contributed by atoms with Crippen molar-refractivity contribution in [3.05, 3.63) is 92.9 Å². The van der Waals surface area contributed by atoms with Gasteiger partial charge in [-0.25, -0.2) is 4.79 Å². The summed E-state index contributed by atoms with van der Waals surface area (Å²) in [7, 11) is 1.32. The van der Waals surface area contributed by atoms with Crippen molar-refractivity contribution in [3.63, 3.8) is 0 Å². The fraction of sp³-hybridized carbons (Fsp3) is 0.143. The monoisotopic (exact) mass is 367 g/mol. The number of halogens is 1. The molecule has 0 spiro atoms. The number of rotatable bonds is 4. The van der Waals surface area contributed by atoms with Gasteiger partial charge in [-0.15, -0.1) is 0 Å². The maximum atomic E-state index is 12.7. The molecular weight excluding hydrogens is 350 g/mol. The van der Waals surface area contributed by atoms with Crippen LogP contribution in [0.15, 0.2) is 65.5 Å². The van der Waals surface area contributed by atoms with Crippen molar-refractivity contribution < 1.29 is 9.53 Å². The summed E-state index contributed by atoms with van der Waals surface area (Å²) < 4.78 is 6.52. The average molecular weight is 368 g/mol. The zero-order valence-corrected chi connectivity index (χ0v) is 15.3.